The predicted molar refractivity (Wildman–Crippen MR) is 134 cm³/mol. The van der Waals surface area contributed by atoms with E-state index in [1.165, 1.54) is 16.7 Å². The lowest BCUT2D eigenvalue weighted by Gasteiger charge is -2.15. The highest BCUT2D eigenvalue weighted by Crippen LogP contribution is 2.27. The first kappa shape index (κ1) is 24.3. The quantitative estimate of drug-likeness (QED) is 0.390. The van der Waals surface area contributed by atoms with Crippen LogP contribution in [0.5, 0.6) is 5.88 Å². The molecule has 4 rings (SSSR count). The molecule has 0 aliphatic heterocycles. The number of nitrogens with zero attached hydrogens (tertiary/aromatic N) is 3. The van der Waals surface area contributed by atoms with Gasteiger partial charge in [0.2, 0.25) is 15.7 Å². The van der Waals surface area contributed by atoms with Gasteiger partial charge in [0.15, 0.2) is 4.90 Å². The van der Waals surface area contributed by atoms with Crippen LogP contribution in [0.15, 0.2) is 87.6 Å². The normalized spacial score (nSPS) is 11.5. The van der Waals surface area contributed by atoms with E-state index >= 15 is 0 Å². The second kappa shape index (κ2) is 10.2. The molecule has 2 heterocycles. The predicted octanol–water partition coefficient (Wildman–Crippen LogP) is 4.54. The Hall–Kier alpha value is -3.78. The van der Waals surface area contributed by atoms with Crippen LogP contribution in [-0.2, 0) is 22.8 Å². The van der Waals surface area contributed by atoms with Crippen molar-refractivity contribution in [1.29, 1.82) is 0 Å². The van der Waals surface area contributed by atoms with E-state index < -0.39 is 26.2 Å². The molecule has 4 aromatic rings. The smallest absolute Gasteiger partial charge is 0.277 e. The van der Waals surface area contributed by atoms with Crippen molar-refractivity contribution in [3.05, 3.63) is 100 Å². The summed E-state index contributed by atoms with van der Waals surface area (Å²) in [5, 5.41) is 10.6. The largest absolute Gasteiger partial charge is 0.492 e. The zero-order valence-corrected chi connectivity index (χ0v) is 20.5. The van der Waals surface area contributed by atoms with Gasteiger partial charge in [-0.25, -0.2) is 8.42 Å². The van der Waals surface area contributed by atoms with Crippen molar-refractivity contribution in [2.24, 2.45) is 0 Å². The standard InChI is InChI=1S/C27H27N3O4S/c1-3-4-10-24-29-26(31)25(27(32)30(24)18-20-8-6-5-7-9-20)35(33,34)23-13-11-21(12-14-23)22-15-19(2)16-28-17-22/h5-9,11-17,31H,3-4,10,18H2,1-2H3. The number of hydrogen-bond acceptors (Lipinski definition) is 6. The average Bonchev–Trinajstić information content (AvgIpc) is 2.85. The highest BCUT2D eigenvalue weighted by molar-refractivity contribution is 7.91. The number of aromatic nitrogens is 3. The fourth-order valence-electron chi connectivity index (χ4n) is 3.92. The molecule has 0 fully saturated rings. The molecule has 2 aromatic heterocycles. The summed E-state index contributed by atoms with van der Waals surface area (Å²) in [6.07, 6.45) is 5.50. The molecule has 1 N–H and O–H groups in total. The fraction of sp³-hybridized carbons (Fsp3) is 0.222. The van der Waals surface area contributed by atoms with Gasteiger partial charge in [-0.05, 0) is 48.2 Å². The molecular weight excluding hydrogens is 462 g/mol. The van der Waals surface area contributed by atoms with E-state index in [2.05, 4.69) is 9.97 Å². The maximum absolute atomic E-state index is 13.5. The molecule has 0 unspecified atom stereocenters. The molecule has 0 amide bonds. The van der Waals surface area contributed by atoms with Gasteiger partial charge in [0.1, 0.15) is 5.82 Å². The van der Waals surface area contributed by atoms with Gasteiger partial charge >= 0.3 is 0 Å². The van der Waals surface area contributed by atoms with E-state index in [1.807, 2.05) is 50.2 Å². The topological polar surface area (TPSA) is 102 Å². The lowest BCUT2D eigenvalue weighted by molar-refractivity contribution is 0.419. The van der Waals surface area contributed by atoms with Crippen molar-refractivity contribution in [3.63, 3.8) is 0 Å². The van der Waals surface area contributed by atoms with Crippen LogP contribution in [-0.4, -0.2) is 28.1 Å². The SMILES string of the molecule is CCCCc1nc(O)c(S(=O)(=O)c2ccc(-c3cncc(C)c3)cc2)c(=O)n1Cc1ccccc1. The monoisotopic (exact) mass is 489 g/mol. The van der Waals surface area contributed by atoms with Gasteiger partial charge in [-0.15, -0.1) is 0 Å². The van der Waals surface area contributed by atoms with Gasteiger partial charge in [0, 0.05) is 24.4 Å². The van der Waals surface area contributed by atoms with Crippen LogP contribution in [0.3, 0.4) is 0 Å². The molecule has 0 spiro atoms. The maximum Gasteiger partial charge on any atom is 0.277 e. The van der Waals surface area contributed by atoms with Crippen LogP contribution in [0, 0.1) is 6.92 Å². The molecule has 2 aromatic carbocycles. The molecule has 0 atom stereocenters. The Morgan fingerprint density at radius 1 is 0.971 bits per heavy atom. The number of aromatic hydroxyl groups is 1. The van der Waals surface area contributed by atoms with Crippen molar-refractivity contribution >= 4 is 9.84 Å². The van der Waals surface area contributed by atoms with Gasteiger partial charge in [-0.3, -0.25) is 14.3 Å². The number of pyridine rings is 1. The number of aryl methyl sites for hydroxylation is 2. The maximum atomic E-state index is 13.5. The summed E-state index contributed by atoms with van der Waals surface area (Å²) in [7, 11) is -4.32. The Morgan fingerprint density at radius 3 is 2.34 bits per heavy atom. The minimum absolute atomic E-state index is 0.0939. The molecule has 0 bridgehead atoms. The average molecular weight is 490 g/mol. The zero-order chi connectivity index (χ0) is 25.0. The molecule has 0 aliphatic rings. The first-order chi connectivity index (χ1) is 16.8. The van der Waals surface area contributed by atoms with Gasteiger partial charge in [-0.1, -0.05) is 55.8 Å². The van der Waals surface area contributed by atoms with E-state index in [9.17, 15) is 18.3 Å². The number of hydrogen-bond donors (Lipinski definition) is 1. The summed E-state index contributed by atoms with van der Waals surface area (Å²) in [6, 6.07) is 17.4. The van der Waals surface area contributed by atoms with Crippen molar-refractivity contribution in [2.45, 2.75) is 49.4 Å². The first-order valence-corrected chi connectivity index (χ1v) is 12.9. The molecule has 8 heteroatoms. The molecule has 0 radical (unpaired) electrons. The third kappa shape index (κ3) is 5.17. The highest BCUT2D eigenvalue weighted by Gasteiger charge is 2.29. The van der Waals surface area contributed by atoms with Gasteiger partial charge in [0.25, 0.3) is 5.56 Å². The lowest BCUT2D eigenvalue weighted by atomic mass is 10.1. The minimum atomic E-state index is -4.32. The van der Waals surface area contributed by atoms with E-state index in [0.29, 0.717) is 12.2 Å². The number of sulfone groups is 1. The fourth-order valence-corrected chi connectivity index (χ4v) is 5.27. The molecule has 35 heavy (non-hydrogen) atoms. The zero-order valence-electron chi connectivity index (χ0n) is 19.7. The Bertz CT molecular complexity index is 1500. The second-order valence-electron chi connectivity index (χ2n) is 8.44. The Balaban J connectivity index is 1.79. The van der Waals surface area contributed by atoms with E-state index in [-0.39, 0.29) is 11.4 Å². The Kier molecular flexibility index (Phi) is 7.12. The van der Waals surface area contributed by atoms with Crippen molar-refractivity contribution in [3.8, 4) is 17.0 Å². The van der Waals surface area contributed by atoms with Crippen molar-refractivity contribution < 1.29 is 13.5 Å². The van der Waals surface area contributed by atoms with Crippen molar-refractivity contribution in [1.82, 2.24) is 14.5 Å². The third-order valence-corrected chi connectivity index (χ3v) is 7.56. The lowest BCUT2D eigenvalue weighted by Crippen LogP contribution is -2.30. The van der Waals surface area contributed by atoms with E-state index in [1.54, 1.807) is 24.5 Å². The van der Waals surface area contributed by atoms with Crippen LogP contribution >= 0.6 is 0 Å². The minimum Gasteiger partial charge on any atom is -0.492 e. The Morgan fingerprint density at radius 2 is 1.69 bits per heavy atom. The molecule has 0 aliphatic carbocycles. The van der Waals surface area contributed by atoms with Crippen LogP contribution in [0.25, 0.3) is 11.1 Å². The number of unbranched alkanes of at least 4 members (excludes halogenated alkanes) is 1. The molecule has 0 saturated carbocycles. The Labute approximate surface area is 204 Å². The molecule has 180 valence electrons. The van der Waals surface area contributed by atoms with Gasteiger partial charge in [0.05, 0.1) is 11.4 Å². The van der Waals surface area contributed by atoms with Crippen LogP contribution in [0.2, 0.25) is 0 Å². The molecule has 0 saturated heterocycles. The number of rotatable bonds is 8. The van der Waals surface area contributed by atoms with Crippen LogP contribution in [0.1, 0.15) is 36.7 Å². The summed E-state index contributed by atoms with van der Waals surface area (Å²) < 4.78 is 28.3. The second-order valence-corrected chi connectivity index (χ2v) is 10.3. The van der Waals surface area contributed by atoms with Gasteiger partial charge < -0.3 is 5.11 Å². The van der Waals surface area contributed by atoms with E-state index in [4.69, 9.17) is 0 Å². The van der Waals surface area contributed by atoms with Crippen molar-refractivity contribution in [2.75, 3.05) is 0 Å². The van der Waals surface area contributed by atoms with E-state index in [0.717, 1.165) is 35.1 Å². The molecule has 7 nitrogen and oxygen atoms in total. The molecular formula is C27H27N3O4S. The summed E-state index contributed by atoms with van der Waals surface area (Å²) in [6.45, 7) is 4.10. The van der Waals surface area contributed by atoms with Crippen LogP contribution < -0.4 is 5.56 Å². The van der Waals surface area contributed by atoms with Crippen LogP contribution in [0.4, 0.5) is 0 Å². The summed E-state index contributed by atoms with van der Waals surface area (Å²) in [5.41, 5.74) is 2.68. The summed E-state index contributed by atoms with van der Waals surface area (Å²) in [4.78, 5) is 21.0. The summed E-state index contributed by atoms with van der Waals surface area (Å²) in [5.74, 6) is -0.406. The highest BCUT2D eigenvalue weighted by atomic mass is 32.2. The first-order valence-electron chi connectivity index (χ1n) is 11.4. The number of benzene rings is 2. The summed E-state index contributed by atoms with van der Waals surface area (Å²) >= 11 is 0. The van der Waals surface area contributed by atoms with Gasteiger partial charge in [-0.2, -0.15) is 4.98 Å². The third-order valence-electron chi connectivity index (χ3n) is 5.77.